The molecule has 6 aromatic carbocycles. The molecule has 5 nitrogen and oxygen atoms in total. The van der Waals surface area contributed by atoms with Gasteiger partial charge >= 0.3 is 0 Å². The highest BCUT2D eigenvalue weighted by molar-refractivity contribution is 5.93. The quantitative estimate of drug-likeness (QED) is 0.190. The van der Waals surface area contributed by atoms with Gasteiger partial charge in [0.1, 0.15) is 11.2 Å². The van der Waals surface area contributed by atoms with Crippen LogP contribution in [0.25, 0.3) is 78.4 Å². The van der Waals surface area contributed by atoms with Gasteiger partial charge in [0.15, 0.2) is 17.5 Å². The first-order valence-electron chi connectivity index (χ1n) is 14.7. The molecule has 5 heteroatoms. The molecule has 0 amide bonds. The minimum absolute atomic E-state index is 0.0218. The molecule has 0 unspecified atom stereocenters. The molecule has 8 rings (SSSR count). The molecule has 8 aromatic rings. The van der Waals surface area contributed by atoms with Crippen molar-refractivity contribution in [2.24, 2.45) is 0 Å². The van der Waals surface area contributed by atoms with E-state index in [2.05, 4.69) is 36.4 Å². The maximum Gasteiger partial charge on any atom is 0.200 e. The van der Waals surface area contributed by atoms with Crippen LogP contribution in [-0.4, -0.2) is 15.0 Å². The lowest BCUT2D eigenvalue weighted by Crippen LogP contribution is -2.01. The Labute approximate surface area is 259 Å². The van der Waals surface area contributed by atoms with Gasteiger partial charge in [-0.2, -0.15) is 0 Å². The number of aromatic nitrogens is 3. The van der Waals surface area contributed by atoms with E-state index in [1.165, 1.54) is 0 Å². The second-order valence-corrected chi connectivity index (χ2v) is 10.8. The number of fused-ring (bicyclic) bond motifs is 2. The molecule has 2 aromatic heterocycles. The Morgan fingerprint density at radius 3 is 1.44 bits per heavy atom. The first kappa shape index (κ1) is 26.4. The van der Waals surface area contributed by atoms with Crippen LogP contribution in [0.5, 0.6) is 0 Å². The molecular weight excluding hydrogens is 554 g/mol. The fraction of sp³-hybridized carbons (Fsp3) is 0. The lowest BCUT2D eigenvalue weighted by atomic mass is 9.93. The van der Waals surface area contributed by atoms with Crippen molar-refractivity contribution in [2.75, 3.05) is 0 Å². The molecule has 0 spiro atoms. The van der Waals surface area contributed by atoms with Crippen molar-refractivity contribution in [1.29, 1.82) is 0 Å². The summed E-state index contributed by atoms with van der Waals surface area (Å²) in [6.07, 6.45) is 0. The first-order chi connectivity index (χ1) is 22.2. The molecule has 2 heterocycles. The second-order valence-electron chi connectivity index (χ2n) is 10.8. The topological polar surface area (TPSA) is 68.9 Å². The summed E-state index contributed by atoms with van der Waals surface area (Å²) in [5, 5.41) is 1.16. The molecule has 0 saturated carbocycles. The van der Waals surface area contributed by atoms with Gasteiger partial charge in [0, 0.05) is 16.7 Å². The number of nitrogens with zero attached hydrogens (tertiary/aromatic N) is 3. The molecule has 45 heavy (non-hydrogen) atoms. The van der Waals surface area contributed by atoms with E-state index in [-0.39, 0.29) is 5.43 Å². The molecule has 0 N–H and O–H groups in total. The van der Waals surface area contributed by atoms with Crippen LogP contribution in [0.1, 0.15) is 0 Å². The number of rotatable bonds is 5. The van der Waals surface area contributed by atoms with E-state index in [0.717, 1.165) is 38.9 Å². The van der Waals surface area contributed by atoms with E-state index < -0.39 is 0 Å². The van der Waals surface area contributed by atoms with E-state index in [1.807, 2.05) is 109 Å². The number of hydrogen-bond acceptors (Lipinski definition) is 5. The smallest absolute Gasteiger partial charge is 0.200 e. The van der Waals surface area contributed by atoms with Crippen molar-refractivity contribution in [3.63, 3.8) is 0 Å². The Bertz CT molecular complexity index is 2330. The van der Waals surface area contributed by atoms with Crippen molar-refractivity contribution >= 4 is 21.9 Å². The summed E-state index contributed by atoms with van der Waals surface area (Å²) >= 11 is 0. The molecule has 0 radical (unpaired) electrons. The van der Waals surface area contributed by atoms with Crippen molar-refractivity contribution < 1.29 is 4.42 Å². The summed E-state index contributed by atoms with van der Waals surface area (Å²) in [4.78, 5) is 27.6. The van der Waals surface area contributed by atoms with Gasteiger partial charge in [0.2, 0.25) is 5.43 Å². The first-order valence-corrected chi connectivity index (χ1v) is 14.7. The maximum atomic E-state index is 13.1. The lowest BCUT2D eigenvalue weighted by Gasteiger charge is -2.12. The van der Waals surface area contributed by atoms with E-state index in [4.69, 9.17) is 19.4 Å². The van der Waals surface area contributed by atoms with Gasteiger partial charge in [-0.15, -0.1) is 0 Å². The summed E-state index contributed by atoms with van der Waals surface area (Å²) in [6, 6.07) is 49.6. The second kappa shape index (κ2) is 11.1. The predicted molar refractivity (Wildman–Crippen MR) is 181 cm³/mol. The zero-order chi connectivity index (χ0) is 30.2. The predicted octanol–water partition coefficient (Wildman–Crippen LogP) is 9.47. The summed E-state index contributed by atoms with van der Waals surface area (Å²) in [5.74, 6) is 1.87. The van der Waals surface area contributed by atoms with Crippen molar-refractivity contribution in [2.45, 2.75) is 0 Å². The number of hydrogen-bond donors (Lipinski definition) is 0. The van der Waals surface area contributed by atoms with Crippen LogP contribution in [0.4, 0.5) is 0 Å². The highest BCUT2D eigenvalue weighted by Gasteiger charge is 2.14. The number of benzene rings is 6. The SMILES string of the molecule is O=c1c2ccccc2oc2cc(-c3ccccc3-c3ccc(-c4nc(-c5ccccc5)nc(-c5ccccc5)n4)cc3)ccc12. The van der Waals surface area contributed by atoms with Gasteiger partial charge in [-0.1, -0.05) is 127 Å². The van der Waals surface area contributed by atoms with Gasteiger partial charge in [0.25, 0.3) is 0 Å². The largest absolute Gasteiger partial charge is 0.456 e. The summed E-state index contributed by atoms with van der Waals surface area (Å²) in [7, 11) is 0. The maximum absolute atomic E-state index is 13.1. The molecular formula is C40H25N3O2. The summed E-state index contributed by atoms with van der Waals surface area (Å²) in [5.41, 5.74) is 8.02. The Morgan fingerprint density at radius 2 is 0.822 bits per heavy atom. The Morgan fingerprint density at radius 1 is 0.378 bits per heavy atom. The third-order valence-corrected chi connectivity index (χ3v) is 7.97. The van der Waals surface area contributed by atoms with Crippen LogP contribution >= 0.6 is 0 Å². The van der Waals surface area contributed by atoms with Gasteiger partial charge in [-0.25, -0.2) is 15.0 Å². The lowest BCUT2D eigenvalue weighted by molar-refractivity contribution is 0.660. The average Bonchev–Trinajstić information content (AvgIpc) is 3.12. The molecule has 0 fully saturated rings. The van der Waals surface area contributed by atoms with Crippen LogP contribution in [-0.2, 0) is 0 Å². The Balaban J connectivity index is 1.19. The highest BCUT2D eigenvalue weighted by atomic mass is 16.3. The number of para-hydroxylation sites is 1. The minimum Gasteiger partial charge on any atom is -0.456 e. The third-order valence-electron chi connectivity index (χ3n) is 7.97. The standard InChI is InChI=1S/C40H25N3O2/c44-37-33-17-9-10-18-35(33)45-36-25-30(23-24-34(36)37)32-16-8-7-15-31(32)26-19-21-29(22-20-26)40-42-38(27-11-3-1-4-12-27)41-39(43-40)28-13-5-2-6-14-28/h1-25H. The van der Waals surface area contributed by atoms with Crippen molar-refractivity contribution in [3.8, 4) is 56.4 Å². The average molecular weight is 580 g/mol. The van der Waals surface area contributed by atoms with Crippen LogP contribution in [0.2, 0.25) is 0 Å². The molecule has 0 aliphatic carbocycles. The molecule has 0 atom stereocenters. The third kappa shape index (κ3) is 4.96. The van der Waals surface area contributed by atoms with E-state index in [0.29, 0.717) is 39.4 Å². The summed E-state index contributed by atoms with van der Waals surface area (Å²) in [6.45, 7) is 0. The van der Waals surface area contributed by atoms with Crippen LogP contribution < -0.4 is 5.43 Å². The zero-order valence-electron chi connectivity index (χ0n) is 24.1. The molecule has 212 valence electrons. The monoisotopic (exact) mass is 579 g/mol. The van der Waals surface area contributed by atoms with Crippen molar-refractivity contribution in [3.05, 3.63) is 162 Å². The van der Waals surface area contributed by atoms with E-state index >= 15 is 0 Å². The van der Waals surface area contributed by atoms with Crippen LogP contribution in [0, 0.1) is 0 Å². The fourth-order valence-electron chi connectivity index (χ4n) is 5.69. The highest BCUT2D eigenvalue weighted by Crippen LogP contribution is 2.35. The van der Waals surface area contributed by atoms with Gasteiger partial charge < -0.3 is 4.42 Å². The molecule has 0 aliphatic rings. The van der Waals surface area contributed by atoms with Crippen LogP contribution in [0.15, 0.2) is 161 Å². The minimum atomic E-state index is -0.0218. The Kier molecular flexibility index (Phi) is 6.54. The normalized spacial score (nSPS) is 11.2. The van der Waals surface area contributed by atoms with Crippen LogP contribution in [0.3, 0.4) is 0 Å². The fourth-order valence-corrected chi connectivity index (χ4v) is 5.69. The van der Waals surface area contributed by atoms with Crippen molar-refractivity contribution in [1.82, 2.24) is 15.0 Å². The summed E-state index contributed by atoms with van der Waals surface area (Å²) < 4.78 is 6.16. The van der Waals surface area contributed by atoms with E-state index in [9.17, 15) is 4.79 Å². The van der Waals surface area contributed by atoms with Gasteiger partial charge in [-0.3, -0.25) is 4.79 Å². The molecule has 0 saturated heterocycles. The molecule has 0 aliphatic heterocycles. The Hall–Kier alpha value is -6.20. The van der Waals surface area contributed by atoms with E-state index in [1.54, 1.807) is 6.07 Å². The van der Waals surface area contributed by atoms with Gasteiger partial charge in [0.05, 0.1) is 10.8 Å². The molecule has 0 bridgehead atoms. The van der Waals surface area contributed by atoms with Gasteiger partial charge in [-0.05, 0) is 46.5 Å². The zero-order valence-corrected chi connectivity index (χ0v) is 24.1.